The highest BCUT2D eigenvalue weighted by molar-refractivity contribution is 7.81. The Kier molecular flexibility index (Phi) is 2.00. The zero-order chi connectivity index (χ0) is 7.90. The smallest absolute Gasteiger partial charge is 0.297 e. The third kappa shape index (κ3) is 1.62. The molecule has 0 amide bonds. The van der Waals surface area contributed by atoms with Crippen molar-refractivity contribution in [1.82, 2.24) is 0 Å². The van der Waals surface area contributed by atoms with E-state index in [1.165, 1.54) is 0 Å². The molecule has 3 atom stereocenters. The van der Waals surface area contributed by atoms with Crippen molar-refractivity contribution in [3.8, 4) is 0 Å². The van der Waals surface area contributed by atoms with Gasteiger partial charge in [-0.25, -0.2) is 4.57 Å². The minimum absolute atomic E-state index is 0.0899. The molecule has 0 radical (unpaired) electrons. The van der Waals surface area contributed by atoms with Crippen LogP contribution in [0.2, 0.25) is 0 Å². The van der Waals surface area contributed by atoms with Crippen molar-refractivity contribution in [2.24, 2.45) is 5.92 Å². The molecule has 1 saturated carbocycles. The number of fused-ring (bicyclic) bond motifs is 1. The summed E-state index contributed by atoms with van der Waals surface area (Å²) in [7, 11) is 0. The zero-order valence-corrected chi connectivity index (χ0v) is 7.68. The average Bonchev–Trinajstić information content (AvgIpc) is 2.31. The molecule has 1 heterocycles. The van der Waals surface area contributed by atoms with Crippen molar-refractivity contribution in [3.05, 3.63) is 0 Å². The Balaban J connectivity index is 2.08. The van der Waals surface area contributed by atoms with Crippen molar-refractivity contribution in [2.75, 3.05) is 6.61 Å². The maximum Gasteiger partial charge on any atom is 0.424 e. The highest BCUT2D eigenvalue weighted by Gasteiger charge is 2.40. The van der Waals surface area contributed by atoms with Gasteiger partial charge in [-0.05, 0) is 12.8 Å². The van der Waals surface area contributed by atoms with Crippen molar-refractivity contribution < 1.29 is 13.6 Å². The number of halogens is 1. The van der Waals surface area contributed by atoms with Crippen molar-refractivity contribution in [1.29, 1.82) is 0 Å². The van der Waals surface area contributed by atoms with E-state index < -0.39 is 6.95 Å². The highest BCUT2D eigenvalue weighted by atomic mass is 35.7. The molecule has 0 N–H and O–H groups in total. The Bertz CT molecular complexity index is 208. The summed E-state index contributed by atoms with van der Waals surface area (Å²) in [6, 6.07) is 0. The van der Waals surface area contributed by atoms with Gasteiger partial charge in [0.15, 0.2) is 0 Å². The molecule has 0 aromatic heterocycles. The third-order valence-corrected chi connectivity index (χ3v) is 3.81. The lowest BCUT2D eigenvalue weighted by Gasteiger charge is -2.28. The normalized spacial score (nSPS) is 50.6. The summed E-state index contributed by atoms with van der Waals surface area (Å²) in [5.41, 5.74) is 0. The fourth-order valence-electron chi connectivity index (χ4n) is 1.71. The van der Waals surface area contributed by atoms with Gasteiger partial charge < -0.3 is 0 Å². The predicted molar refractivity (Wildman–Crippen MR) is 41.6 cm³/mol. The molecule has 5 heteroatoms. The minimum Gasteiger partial charge on any atom is -0.297 e. The summed E-state index contributed by atoms with van der Waals surface area (Å²) in [6.45, 7) is -2.68. The van der Waals surface area contributed by atoms with Crippen LogP contribution < -0.4 is 0 Å². The van der Waals surface area contributed by atoms with Crippen LogP contribution in [0.5, 0.6) is 0 Å². The quantitative estimate of drug-likeness (QED) is 0.559. The van der Waals surface area contributed by atoms with E-state index in [1.54, 1.807) is 0 Å². The molecule has 1 aliphatic heterocycles. The fourth-order valence-corrected chi connectivity index (χ4v) is 3.22. The Morgan fingerprint density at radius 1 is 1.45 bits per heavy atom. The van der Waals surface area contributed by atoms with Crippen molar-refractivity contribution in [3.63, 3.8) is 0 Å². The van der Waals surface area contributed by atoms with Crippen LogP contribution in [0.3, 0.4) is 0 Å². The molecule has 1 aliphatic carbocycles. The van der Waals surface area contributed by atoms with Crippen LogP contribution in [0.4, 0.5) is 0 Å². The van der Waals surface area contributed by atoms with E-state index >= 15 is 0 Å². The van der Waals surface area contributed by atoms with E-state index in [0.717, 1.165) is 19.3 Å². The van der Waals surface area contributed by atoms with E-state index in [2.05, 4.69) is 0 Å². The molecule has 0 bridgehead atoms. The first kappa shape index (κ1) is 8.06. The molecular formula is C6H10ClO3P. The summed E-state index contributed by atoms with van der Waals surface area (Å²) in [5.74, 6) is 0.427. The van der Waals surface area contributed by atoms with E-state index in [-0.39, 0.29) is 6.10 Å². The lowest BCUT2D eigenvalue weighted by molar-refractivity contribution is 0.0536. The summed E-state index contributed by atoms with van der Waals surface area (Å²) in [5, 5.41) is 0. The first-order valence-corrected chi connectivity index (χ1v) is 6.25. The molecule has 0 unspecified atom stereocenters. The van der Waals surface area contributed by atoms with Gasteiger partial charge in [-0.1, -0.05) is 6.42 Å². The fraction of sp³-hybridized carbons (Fsp3) is 1.00. The summed E-state index contributed by atoms with van der Waals surface area (Å²) in [4.78, 5) is 0. The van der Waals surface area contributed by atoms with Crippen LogP contribution >= 0.6 is 18.2 Å². The zero-order valence-electron chi connectivity index (χ0n) is 6.03. The molecule has 1 saturated heterocycles. The van der Waals surface area contributed by atoms with Crippen LogP contribution in [-0.4, -0.2) is 12.7 Å². The maximum absolute atomic E-state index is 11.1. The van der Waals surface area contributed by atoms with Gasteiger partial charge >= 0.3 is 6.95 Å². The summed E-state index contributed by atoms with van der Waals surface area (Å²) >= 11 is 5.45. The van der Waals surface area contributed by atoms with Crippen LogP contribution in [0, 0.1) is 5.92 Å². The van der Waals surface area contributed by atoms with E-state index in [4.69, 9.17) is 20.3 Å². The average molecular weight is 197 g/mol. The molecule has 3 nitrogen and oxygen atoms in total. The molecule has 64 valence electrons. The lowest BCUT2D eigenvalue weighted by Crippen LogP contribution is -2.25. The Hall–Kier alpha value is 0.440. The number of hydrogen-bond acceptors (Lipinski definition) is 3. The molecule has 11 heavy (non-hydrogen) atoms. The van der Waals surface area contributed by atoms with E-state index in [1.807, 2.05) is 0 Å². The minimum atomic E-state index is -3.18. The SMILES string of the molecule is O=[P@@]1(Cl)OC[C@H]2CCC[C@@H]2O1. The van der Waals surface area contributed by atoms with Gasteiger partial charge in [0.1, 0.15) is 0 Å². The molecule has 2 fully saturated rings. The van der Waals surface area contributed by atoms with Crippen LogP contribution in [-0.2, 0) is 13.6 Å². The van der Waals surface area contributed by atoms with E-state index in [9.17, 15) is 4.57 Å². The molecule has 0 aromatic carbocycles. The largest absolute Gasteiger partial charge is 0.424 e. The maximum atomic E-state index is 11.1. The summed E-state index contributed by atoms with van der Waals surface area (Å²) < 4.78 is 21.1. The Morgan fingerprint density at radius 3 is 3.09 bits per heavy atom. The van der Waals surface area contributed by atoms with Crippen LogP contribution in [0.15, 0.2) is 0 Å². The predicted octanol–water partition coefficient (Wildman–Crippen LogP) is 2.55. The first-order valence-electron chi connectivity index (χ1n) is 3.80. The number of rotatable bonds is 0. The summed E-state index contributed by atoms with van der Waals surface area (Å²) in [6.07, 6.45) is 3.31. The lowest BCUT2D eigenvalue weighted by atomic mass is 10.1. The first-order chi connectivity index (χ1) is 5.17. The Morgan fingerprint density at radius 2 is 2.27 bits per heavy atom. The second kappa shape index (κ2) is 2.74. The second-order valence-electron chi connectivity index (χ2n) is 3.06. The third-order valence-electron chi connectivity index (χ3n) is 2.29. The molecule has 0 spiro atoms. The highest BCUT2D eigenvalue weighted by Crippen LogP contribution is 2.60. The van der Waals surface area contributed by atoms with Gasteiger partial charge in [-0.15, -0.1) is 0 Å². The van der Waals surface area contributed by atoms with Gasteiger partial charge in [0, 0.05) is 17.2 Å². The standard InChI is InChI=1S/C6H10ClO3P/c7-11(8)9-4-5-2-1-3-6(5)10-11/h5-6H,1-4H2/t5-,6+,11+/m1/s1. The van der Waals surface area contributed by atoms with Gasteiger partial charge in [0.25, 0.3) is 0 Å². The van der Waals surface area contributed by atoms with Crippen LogP contribution in [0.1, 0.15) is 19.3 Å². The Labute approximate surface area is 70.3 Å². The van der Waals surface area contributed by atoms with Gasteiger partial charge in [-0.2, -0.15) is 0 Å². The van der Waals surface area contributed by atoms with Crippen molar-refractivity contribution >= 4 is 18.2 Å². The molecular weight excluding hydrogens is 186 g/mol. The van der Waals surface area contributed by atoms with Gasteiger partial charge in [0.2, 0.25) is 0 Å². The van der Waals surface area contributed by atoms with Gasteiger partial charge in [-0.3, -0.25) is 9.05 Å². The second-order valence-corrected chi connectivity index (χ2v) is 5.63. The monoisotopic (exact) mass is 196 g/mol. The molecule has 0 aromatic rings. The number of hydrogen-bond donors (Lipinski definition) is 0. The molecule has 2 aliphatic rings. The van der Waals surface area contributed by atoms with Crippen molar-refractivity contribution in [2.45, 2.75) is 25.4 Å². The van der Waals surface area contributed by atoms with E-state index in [0.29, 0.717) is 12.5 Å². The van der Waals surface area contributed by atoms with Crippen LogP contribution in [0.25, 0.3) is 0 Å². The topological polar surface area (TPSA) is 35.5 Å². The van der Waals surface area contributed by atoms with Gasteiger partial charge in [0.05, 0.1) is 12.7 Å². The molecule has 2 rings (SSSR count).